The first-order chi connectivity index (χ1) is 11.1. The zero-order valence-corrected chi connectivity index (χ0v) is 15.1. The van der Waals surface area contributed by atoms with Crippen molar-refractivity contribution in [3.8, 4) is 0 Å². The number of anilines is 3. The summed E-state index contributed by atoms with van der Waals surface area (Å²) in [5, 5.41) is 3.94. The molecule has 1 heterocycles. The molecule has 0 aliphatic rings. The van der Waals surface area contributed by atoms with Gasteiger partial charge < -0.3 is 10.2 Å². The van der Waals surface area contributed by atoms with Crippen molar-refractivity contribution in [3.63, 3.8) is 0 Å². The van der Waals surface area contributed by atoms with Crippen molar-refractivity contribution in [2.75, 3.05) is 23.3 Å². The monoisotopic (exact) mass is 332 g/mol. The smallest absolute Gasteiger partial charge is 0.229 e. The van der Waals surface area contributed by atoms with Gasteiger partial charge >= 0.3 is 0 Å². The van der Waals surface area contributed by atoms with Crippen LogP contribution in [-0.2, 0) is 6.42 Å². The standard InChI is InChI=1S/C18H25ClN4/c1-5-8-14-12-17(23(6-2)7-3)22-18(20-14)21-16-10-9-13(4)11-15(16)19/h9-12H,5-8H2,1-4H3,(H,20,21,22). The van der Waals surface area contributed by atoms with Crippen molar-refractivity contribution in [2.45, 2.75) is 40.5 Å². The van der Waals surface area contributed by atoms with Crippen LogP contribution in [0.4, 0.5) is 17.5 Å². The van der Waals surface area contributed by atoms with E-state index in [0.717, 1.165) is 48.7 Å². The summed E-state index contributed by atoms with van der Waals surface area (Å²) in [4.78, 5) is 11.5. The Hall–Kier alpha value is -1.81. The van der Waals surface area contributed by atoms with Crippen LogP contribution in [0.1, 0.15) is 38.4 Å². The van der Waals surface area contributed by atoms with Gasteiger partial charge in [0, 0.05) is 24.8 Å². The molecule has 124 valence electrons. The van der Waals surface area contributed by atoms with Gasteiger partial charge in [-0.05, 0) is 44.9 Å². The van der Waals surface area contributed by atoms with Gasteiger partial charge in [-0.15, -0.1) is 0 Å². The van der Waals surface area contributed by atoms with Gasteiger partial charge in [0.1, 0.15) is 5.82 Å². The van der Waals surface area contributed by atoms with E-state index in [1.165, 1.54) is 0 Å². The third kappa shape index (κ3) is 4.58. The van der Waals surface area contributed by atoms with Crippen molar-refractivity contribution >= 4 is 29.1 Å². The van der Waals surface area contributed by atoms with Gasteiger partial charge in [-0.3, -0.25) is 0 Å². The second-order valence-corrected chi connectivity index (χ2v) is 5.98. The minimum absolute atomic E-state index is 0.601. The van der Waals surface area contributed by atoms with E-state index in [9.17, 15) is 0 Å². The Morgan fingerprint density at radius 3 is 2.43 bits per heavy atom. The number of nitrogens with one attached hydrogen (secondary N) is 1. The fourth-order valence-electron chi connectivity index (χ4n) is 2.47. The minimum atomic E-state index is 0.601. The van der Waals surface area contributed by atoms with Gasteiger partial charge in [-0.1, -0.05) is 31.0 Å². The lowest BCUT2D eigenvalue weighted by molar-refractivity contribution is 0.824. The number of hydrogen-bond acceptors (Lipinski definition) is 4. The Kier molecular flexibility index (Phi) is 6.22. The summed E-state index contributed by atoms with van der Waals surface area (Å²) in [6.45, 7) is 10.3. The van der Waals surface area contributed by atoms with Crippen LogP contribution in [0.15, 0.2) is 24.3 Å². The summed E-state index contributed by atoms with van der Waals surface area (Å²) in [6.07, 6.45) is 1.99. The van der Waals surface area contributed by atoms with Crippen LogP contribution in [0.5, 0.6) is 0 Å². The molecular formula is C18H25ClN4. The number of aromatic nitrogens is 2. The highest BCUT2D eigenvalue weighted by molar-refractivity contribution is 6.33. The molecule has 2 rings (SSSR count). The van der Waals surface area contributed by atoms with Gasteiger partial charge in [-0.25, -0.2) is 4.98 Å². The largest absolute Gasteiger partial charge is 0.357 e. The van der Waals surface area contributed by atoms with Crippen molar-refractivity contribution in [1.82, 2.24) is 9.97 Å². The van der Waals surface area contributed by atoms with Crippen molar-refractivity contribution in [2.24, 2.45) is 0 Å². The normalized spacial score (nSPS) is 10.7. The third-order valence-electron chi connectivity index (χ3n) is 3.73. The zero-order valence-electron chi connectivity index (χ0n) is 14.4. The number of aryl methyl sites for hydroxylation is 2. The molecular weight excluding hydrogens is 308 g/mol. The predicted octanol–water partition coefficient (Wildman–Crippen LogP) is 4.98. The molecule has 0 bridgehead atoms. The highest BCUT2D eigenvalue weighted by atomic mass is 35.5. The van der Waals surface area contributed by atoms with E-state index >= 15 is 0 Å². The molecule has 0 amide bonds. The second kappa shape index (κ2) is 8.16. The number of rotatable bonds is 7. The maximum atomic E-state index is 6.31. The molecule has 0 spiro atoms. The number of nitrogens with zero attached hydrogens (tertiary/aromatic N) is 3. The van der Waals surface area contributed by atoms with Crippen LogP contribution < -0.4 is 10.2 Å². The Balaban J connectivity index is 2.36. The van der Waals surface area contributed by atoms with E-state index in [1.807, 2.05) is 25.1 Å². The van der Waals surface area contributed by atoms with Crippen molar-refractivity contribution in [1.29, 1.82) is 0 Å². The highest BCUT2D eigenvalue weighted by Crippen LogP contribution is 2.26. The van der Waals surface area contributed by atoms with Crippen molar-refractivity contribution < 1.29 is 0 Å². The molecule has 0 fully saturated rings. The molecule has 0 saturated carbocycles. The van der Waals surface area contributed by atoms with E-state index in [4.69, 9.17) is 11.6 Å². The molecule has 0 unspecified atom stereocenters. The summed E-state index contributed by atoms with van der Waals surface area (Å²) in [5.41, 5.74) is 3.01. The third-order valence-corrected chi connectivity index (χ3v) is 4.04. The average Bonchev–Trinajstić information content (AvgIpc) is 2.52. The average molecular weight is 333 g/mol. The first-order valence-corrected chi connectivity index (χ1v) is 8.61. The topological polar surface area (TPSA) is 41.1 Å². The Morgan fingerprint density at radius 2 is 1.83 bits per heavy atom. The maximum Gasteiger partial charge on any atom is 0.229 e. The molecule has 2 aromatic rings. The van der Waals surface area contributed by atoms with Crippen LogP contribution in [0.25, 0.3) is 0 Å². The fraction of sp³-hybridized carbons (Fsp3) is 0.444. The lowest BCUT2D eigenvalue weighted by Gasteiger charge is -2.21. The Bertz CT molecular complexity index is 653. The van der Waals surface area contributed by atoms with Gasteiger partial charge in [-0.2, -0.15) is 4.98 Å². The maximum absolute atomic E-state index is 6.31. The predicted molar refractivity (Wildman–Crippen MR) is 99.1 cm³/mol. The molecule has 0 radical (unpaired) electrons. The molecule has 1 aromatic heterocycles. The van der Waals surface area contributed by atoms with Crippen LogP contribution in [0.2, 0.25) is 5.02 Å². The number of halogens is 1. The van der Waals surface area contributed by atoms with Gasteiger partial charge in [0.2, 0.25) is 5.95 Å². The van der Waals surface area contributed by atoms with Crippen LogP contribution in [0, 0.1) is 6.92 Å². The summed E-state index contributed by atoms with van der Waals surface area (Å²) in [5.74, 6) is 1.56. The number of benzene rings is 1. The molecule has 5 heteroatoms. The first kappa shape index (κ1) is 17.5. The summed E-state index contributed by atoms with van der Waals surface area (Å²) in [7, 11) is 0. The SMILES string of the molecule is CCCc1cc(N(CC)CC)nc(Nc2ccc(C)cc2Cl)n1. The lowest BCUT2D eigenvalue weighted by atomic mass is 10.2. The Labute approximate surface area is 143 Å². The number of hydrogen-bond donors (Lipinski definition) is 1. The summed E-state index contributed by atoms with van der Waals surface area (Å²) >= 11 is 6.31. The zero-order chi connectivity index (χ0) is 16.8. The quantitative estimate of drug-likeness (QED) is 0.776. The molecule has 0 atom stereocenters. The minimum Gasteiger partial charge on any atom is -0.357 e. The van der Waals surface area contributed by atoms with Crippen molar-refractivity contribution in [3.05, 3.63) is 40.5 Å². The highest BCUT2D eigenvalue weighted by Gasteiger charge is 2.10. The van der Waals surface area contributed by atoms with Gasteiger partial charge in [0.15, 0.2) is 0 Å². The summed E-state index contributed by atoms with van der Waals surface area (Å²) < 4.78 is 0. The van der Waals surface area contributed by atoms with Crippen LogP contribution in [-0.4, -0.2) is 23.1 Å². The molecule has 0 aliphatic heterocycles. The molecule has 0 aliphatic carbocycles. The molecule has 23 heavy (non-hydrogen) atoms. The van der Waals surface area contributed by atoms with E-state index in [0.29, 0.717) is 11.0 Å². The molecule has 1 aromatic carbocycles. The van der Waals surface area contributed by atoms with E-state index < -0.39 is 0 Å². The molecule has 1 N–H and O–H groups in total. The Morgan fingerprint density at radius 1 is 1.09 bits per heavy atom. The summed E-state index contributed by atoms with van der Waals surface area (Å²) in [6, 6.07) is 8.00. The molecule has 0 saturated heterocycles. The van der Waals surface area contributed by atoms with Crippen LogP contribution >= 0.6 is 11.6 Å². The van der Waals surface area contributed by atoms with E-state index in [-0.39, 0.29) is 0 Å². The van der Waals surface area contributed by atoms with Gasteiger partial charge in [0.05, 0.1) is 10.7 Å². The van der Waals surface area contributed by atoms with E-state index in [2.05, 4.69) is 47.0 Å². The lowest BCUT2D eigenvalue weighted by Crippen LogP contribution is -2.23. The van der Waals surface area contributed by atoms with Gasteiger partial charge in [0.25, 0.3) is 0 Å². The van der Waals surface area contributed by atoms with Crippen LogP contribution in [0.3, 0.4) is 0 Å². The molecule has 4 nitrogen and oxygen atoms in total. The fourth-order valence-corrected chi connectivity index (χ4v) is 2.76. The second-order valence-electron chi connectivity index (χ2n) is 5.57. The van der Waals surface area contributed by atoms with E-state index in [1.54, 1.807) is 0 Å². The first-order valence-electron chi connectivity index (χ1n) is 8.23.